The average Bonchev–Trinajstić information content (AvgIpc) is 2.10. The highest BCUT2D eigenvalue weighted by Gasteiger charge is 2.12. The molecule has 0 spiro atoms. The molecule has 4 heteroatoms. The minimum absolute atomic E-state index is 0.264. The van der Waals surface area contributed by atoms with Crippen molar-refractivity contribution >= 4 is 0 Å². The molecule has 0 aliphatic rings. The number of rotatable bonds is 2. The highest BCUT2D eigenvalue weighted by Crippen LogP contribution is 2.14. The van der Waals surface area contributed by atoms with Gasteiger partial charge in [0.15, 0.2) is 11.6 Å². The van der Waals surface area contributed by atoms with E-state index in [9.17, 15) is 8.78 Å². The van der Waals surface area contributed by atoms with Crippen LogP contribution in [0.4, 0.5) is 8.78 Å². The Hall–Kier alpha value is -1.00. The monoisotopic (exact) mass is 174 g/mol. The molecule has 66 valence electrons. The fourth-order valence-electron chi connectivity index (χ4n) is 1.02. The lowest BCUT2D eigenvalue weighted by Crippen LogP contribution is -2.49. The van der Waals surface area contributed by atoms with Gasteiger partial charge in [0, 0.05) is 11.1 Å². The van der Waals surface area contributed by atoms with Gasteiger partial charge in [-0.2, -0.15) is 0 Å². The second-order valence-electron chi connectivity index (χ2n) is 2.51. The van der Waals surface area contributed by atoms with Gasteiger partial charge in [-0.05, 0) is 12.1 Å². The van der Waals surface area contributed by atoms with Crippen LogP contribution in [0.15, 0.2) is 12.1 Å². The number of hydrogen-bond acceptors (Lipinski definition) is 0. The SMILES string of the molecule is [NH3+]Cc1ccc(C[NH3+])c(F)c1F. The zero-order valence-electron chi connectivity index (χ0n) is 6.74. The Bertz CT molecular complexity index is 258. The Morgan fingerprint density at radius 1 is 0.917 bits per heavy atom. The molecule has 0 aliphatic carbocycles. The van der Waals surface area contributed by atoms with Gasteiger partial charge in [-0.15, -0.1) is 0 Å². The van der Waals surface area contributed by atoms with Crippen molar-refractivity contribution in [3.8, 4) is 0 Å². The summed E-state index contributed by atoms with van der Waals surface area (Å²) >= 11 is 0. The summed E-state index contributed by atoms with van der Waals surface area (Å²) in [5.74, 6) is -1.57. The van der Waals surface area contributed by atoms with Crippen molar-refractivity contribution < 1.29 is 20.2 Å². The van der Waals surface area contributed by atoms with E-state index in [-0.39, 0.29) is 13.1 Å². The van der Waals surface area contributed by atoms with Crippen molar-refractivity contribution in [1.29, 1.82) is 0 Å². The number of quaternary nitrogens is 2. The van der Waals surface area contributed by atoms with E-state index in [1.807, 2.05) is 0 Å². The number of hydrogen-bond donors (Lipinski definition) is 2. The van der Waals surface area contributed by atoms with Gasteiger partial charge in [0.25, 0.3) is 0 Å². The minimum atomic E-state index is -0.786. The molecule has 0 aromatic heterocycles. The van der Waals surface area contributed by atoms with E-state index in [0.29, 0.717) is 11.1 Å². The summed E-state index contributed by atoms with van der Waals surface area (Å²) in [6.45, 7) is 0.528. The van der Waals surface area contributed by atoms with Crippen LogP contribution in [0, 0.1) is 11.6 Å². The summed E-state index contributed by atoms with van der Waals surface area (Å²) in [4.78, 5) is 0. The van der Waals surface area contributed by atoms with Gasteiger partial charge < -0.3 is 11.5 Å². The van der Waals surface area contributed by atoms with Gasteiger partial charge in [0.05, 0.1) is 0 Å². The third-order valence-corrected chi connectivity index (χ3v) is 1.78. The van der Waals surface area contributed by atoms with Crippen LogP contribution >= 0.6 is 0 Å². The lowest BCUT2D eigenvalue weighted by atomic mass is 10.1. The predicted molar refractivity (Wildman–Crippen MR) is 39.5 cm³/mol. The van der Waals surface area contributed by atoms with E-state index >= 15 is 0 Å². The van der Waals surface area contributed by atoms with E-state index in [0.717, 1.165) is 0 Å². The summed E-state index contributed by atoms with van der Waals surface area (Å²) in [6.07, 6.45) is 0. The molecule has 0 bridgehead atoms. The molecule has 0 radical (unpaired) electrons. The van der Waals surface area contributed by atoms with Crippen LogP contribution in [0.5, 0.6) is 0 Å². The van der Waals surface area contributed by atoms with Crippen LogP contribution in [0.25, 0.3) is 0 Å². The normalized spacial score (nSPS) is 10.3. The van der Waals surface area contributed by atoms with Crippen LogP contribution in [0.1, 0.15) is 11.1 Å². The van der Waals surface area contributed by atoms with Gasteiger partial charge in [0.2, 0.25) is 0 Å². The lowest BCUT2D eigenvalue weighted by molar-refractivity contribution is -0.388. The van der Waals surface area contributed by atoms with Crippen molar-refractivity contribution in [3.05, 3.63) is 34.9 Å². The number of halogens is 2. The Balaban J connectivity index is 3.20. The Morgan fingerprint density at radius 2 is 1.25 bits per heavy atom. The Morgan fingerprint density at radius 3 is 1.50 bits per heavy atom. The van der Waals surface area contributed by atoms with Gasteiger partial charge in [-0.1, -0.05) is 0 Å². The molecule has 1 rings (SSSR count). The molecule has 0 heterocycles. The van der Waals surface area contributed by atoms with E-state index < -0.39 is 11.6 Å². The molecule has 12 heavy (non-hydrogen) atoms. The van der Waals surface area contributed by atoms with Gasteiger partial charge in [-0.3, -0.25) is 0 Å². The van der Waals surface area contributed by atoms with E-state index in [1.54, 1.807) is 12.1 Å². The van der Waals surface area contributed by atoms with Gasteiger partial charge in [-0.25, -0.2) is 8.78 Å². The Kier molecular flexibility index (Phi) is 2.73. The maximum absolute atomic E-state index is 13.0. The van der Waals surface area contributed by atoms with Crippen LogP contribution in [0.2, 0.25) is 0 Å². The first-order valence-electron chi connectivity index (χ1n) is 3.75. The quantitative estimate of drug-likeness (QED) is 0.604. The smallest absolute Gasteiger partial charge is 0.168 e. The molecule has 0 fully saturated rings. The molecule has 1 aromatic carbocycles. The number of benzene rings is 1. The summed E-state index contributed by atoms with van der Waals surface area (Å²) in [5.41, 5.74) is 7.60. The van der Waals surface area contributed by atoms with Crippen molar-refractivity contribution in [2.45, 2.75) is 13.1 Å². The summed E-state index contributed by atoms with van der Waals surface area (Å²) in [6, 6.07) is 3.10. The van der Waals surface area contributed by atoms with Crippen molar-refractivity contribution in [1.82, 2.24) is 0 Å². The zero-order chi connectivity index (χ0) is 9.14. The van der Waals surface area contributed by atoms with E-state index in [4.69, 9.17) is 0 Å². The molecule has 2 nitrogen and oxygen atoms in total. The van der Waals surface area contributed by atoms with Gasteiger partial charge in [0.1, 0.15) is 13.1 Å². The van der Waals surface area contributed by atoms with Gasteiger partial charge >= 0.3 is 0 Å². The molecule has 6 N–H and O–H groups in total. The Labute approximate surface area is 69.2 Å². The molecule has 0 saturated heterocycles. The molecule has 0 amide bonds. The van der Waals surface area contributed by atoms with Crippen molar-refractivity contribution in [3.63, 3.8) is 0 Å². The second kappa shape index (κ2) is 3.60. The molecule has 0 atom stereocenters. The molecular formula is C8H12F2N2+2. The van der Waals surface area contributed by atoms with Crippen LogP contribution in [-0.2, 0) is 13.1 Å². The summed E-state index contributed by atoms with van der Waals surface area (Å²) in [5, 5.41) is 0. The second-order valence-corrected chi connectivity index (χ2v) is 2.51. The average molecular weight is 174 g/mol. The topological polar surface area (TPSA) is 55.3 Å². The van der Waals surface area contributed by atoms with E-state index in [2.05, 4.69) is 11.5 Å². The highest BCUT2D eigenvalue weighted by molar-refractivity contribution is 5.25. The maximum atomic E-state index is 13.0. The molecule has 0 aliphatic heterocycles. The lowest BCUT2D eigenvalue weighted by Gasteiger charge is -2.01. The largest absolute Gasteiger partial charge is 0.354 e. The molecule has 0 saturated carbocycles. The van der Waals surface area contributed by atoms with Crippen LogP contribution in [-0.4, -0.2) is 0 Å². The third kappa shape index (κ3) is 1.44. The highest BCUT2D eigenvalue weighted by atomic mass is 19.2. The van der Waals surface area contributed by atoms with Crippen molar-refractivity contribution in [2.24, 2.45) is 0 Å². The standard InChI is InChI=1S/C8H10F2N2/c9-7-5(3-11)1-2-6(4-12)8(7)10/h1-2H,3-4,11-12H2/p+2. The minimum Gasteiger partial charge on any atom is -0.354 e. The van der Waals surface area contributed by atoms with Crippen LogP contribution < -0.4 is 11.5 Å². The zero-order valence-corrected chi connectivity index (χ0v) is 6.74. The predicted octanol–water partition coefficient (Wildman–Crippen LogP) is -0.551. The first-order valence-corrected chi connectivity index (χ1v) is 3.75. The third-order valence-electron chi connectivity index (χ3n) is 1.78. The van der Waals surface area contributed by atoms with Crippen LogP contribution in [0.3, 0.4) is 0 Å². The first-order chi connectivity index (χ1) is 5.70. The van der Waals surface area contributed by atoms with Crippen molar-refractivity contribution in [2.75, 3.05) is 0 Å². The summed E-state index contributed by atoms with van der Waals surface area (Å²) in [7, 11) is 0. The molecular weight excluding hydrogens is 162 g/mol. The fraction of sp³-hybridized carbons (Fsp3) is 0.250. The maximum Gasteiger partial charge on any atom is 0.168 e. The molecule has 0 unspecified atom stereocenters. The first kappa shape index (κ1) is 9.09. The van der Waals surface area contributed by atoms with E-state index in [1.165, 1.54) is 0 Å². The summed E-state index contributed by atoms with van der Waals surface area (Å²) < 4.78 is 26.0. The fourth-order valence-corrected chi connectivity index (χ4v) is 1.02. The molecule has 1 aromatic rings.